The highest BCUT2D eigenvalue weighted by Crippen LogP contribution is 2.23. The quantitative estimate of drug-likeness (QED) is 0.734. The summed E-state index contributed by atoms with van der Waals surface area (Å²) in [7, 11) is 0. The van der Waals surface area contributed by atoms with E-state index in [9.17, 15) is 4.79 Å². The molecular weight excluding hydrogens is 288 g/mol. The van der Waals surface area contributed by atoms with Gasteiger partial charge in [0.05, 0.1) is 12.5 Å². The van der Waals surface area contributed by atoms with Gasteiger partial charge < -0.3 is 9.47 Å². The van der Waals surface area contributed by atoms with E-state index in [0.717, 1.165) is 11.3 Å². The van der Waals surface area contributed by atoms with Crippen LogP contribution in [0.4, 0.5) is 0 Å². The van der Waals surface area contributed by atoms with Gasteiger partial charge in [0, 0.05) is 0 Å². The van der Waals surface area contributed by atoms with Crippen LogP contribution in [-0.4, -0.2) is 12.6 Å². The second kappa shape index (κ2) is 7.82. The Labute approximate surface area is 138 Å². The minimum atomic E-state index is -0.293. The first-order valence-corrected chi connectivity index (χ1v) is 7.97. The molecule has 0 fully saturated rings. The van der Waals surface area contributed by atoms with E-state index >= 15 is 0 Å². The van der Waals surface area contributed by atoms with Gasteiger partial charge in [-0.05, 0) is 62.1 Å². The van der Waals surface area contributed by atoms with Crippen molar-refractivity contribution in [2.45, 2.75) is 40.2 Å². The number of carbonyl (C=O) groups excluding carboxylic acids is 1. The zero-order valence-electron chi connectivity index (χ0n) is 14.3. The molecule has 2 aromatic rings. The van der Waals surface area contributed by atoms with Crippen molar-refractivity contribution in [3.63, 3.8) is 0 Å². The molecule has 0 spiro atoms. The molecule has 0 radical (unpaired) electrons. The largest absolute Gasteiger partial charge is 0.489 e. The van der Waals surface area contributed by atoms with Crippen LogP contribution >= 0.6 is 0 Å². The number of hydrogen-bond acceptors (Lipinski definition) is 3. The Kier molecular flexibility index (Phi) is 5.80. The first-order chi connectivity index (χ1) is 11.0. The maximum absolute atomic E-state index is 11.9. The number of esters is 1. The summed E-state index contributed by atoms with van der Waals surface area (Å²) in [6.45, 7) is 8.76. The number of hydrogen-bond donors (Lipinski definition) is 0. The molecule has 0 heterocycles. The summed E-state index contributed by atoms with van der Waals surface area (Å²) in [6, 6.07) is 13.9. The summed E-state index contributed by atoms with van der Waals surface area (Å²) < 4.78 is 11.0. The van der Waals surface area contributed by atoms with Crippen molar-refractivity contribution in [1.29, 1.82) is 0 Å². The summed E-state index contributed by atoms with van der Waals surface area (Å²) in [5, 5.41) is 0. The van der Waals surface area contributed by atoms with E-state index in [1.807, 2.05) is 38.1 Å². The summed E-state index contributed by atoms with van der Waals surface area (Å²) >= 11 is 0. The fourth-order valence-corrected chi connectivity index (χ4v) is 2.51. The summed E-state index contributed by atoms with van der Waals surface area (Å²) in [5.41, 5.74) is 4.56. The fourth-order valence-electron chi connectivity index (χ4n) is 2.51. The van der Waals surface area contributed by atoms with Crippen LogP contribution in [0.2, 0.25) is 0 Å². The van der Waals surface area contributed by atoms with E-state index in [4.69, 9.17) is 9.47 Å². The van der Waals surface area contributed by atoms with Crippen molar-refractivity contribution >= 4 is 5.97 Å². The Morgan fingerprint density at radius 3 is 2.39 bits per heavy atom. The molecule has 0 aromatic heterocycles. The number of rotatable bonds is 6. The van der Waals surface area contributed by atoms with Crippen LogP contribution < -0.4 is 4.74 Å². The third kappa shape index (κ3) is 4.35. The number of ether oxygens (including phenoxy) is 2. The molecule has 0 aliphatic rings. The first kappa shape index (κ1) is 17.1. The summed E-state index contributed by atoms with van der Waals surface area (Å²) in [6.07, 6.45) is 0. The number of carbonyl (C=O) groups is 1. The van der Waals surface area contributed by atoms with Crippen LogP contribution in [0, 0.1) is 13.8 Å². The highest BCUT2D eigenvalue weighted by molar-refractivity contribution is 5.77. The monoisotopic (exact) mass is 312 g/mol. The molecule has 122 valence electrons. The molecule has 3 heteroatoms. The molecule has 0 saturated heterocycles. The zero-order chi connectivity index (χ0) is 16.8. The lowest BCUT2D eigenvalue weighted by atomic mass is 10.0. The predicted molar refractivity (Wildman–Crippen MR) is 91.7 cm³/mol. The molecule has 1 unspecified atom stereocenters. The van der Waals surface area contributed by atoms with Gasteiger partial charge in [-0.3, -0.25) is 4.79 Å². The third-order valence-corrected chi connectivity index (χ3v) is 4.03. The van der Waals surface area contributed by atoms with Crippen molar-refractivity contribution in [2.24, 2.45) is 0 Å². The van der Waals surface area contributed by atoms with Crippen molar-refractivity contribution in [1.82, 2.24) is 0 Å². The lowest BCUT2D eigenvalue weighted by Gasteiger charge is -2.14. The molecule has 0 N–H and O–H groups in total. The van der Waals surface area contributed by atoms with Gasteiger partial charge in [0.2, 0.25) is 0 Å². The number of aryl methyl sites for hydroxylation is 2. The maximum atomic E-state index is 11.9. The topological polar surface area (TPSA) is 35.5 Å². The van der Waals surface area contributed by atoms with E-state index in [0.29, 0.717) is 13.2 Å². The molecule has 0 aliphatic carbocycles. The Hall–Kier alpha value is -2.29. The first-order valence-electron chi connectivity index (χ1n) is 7.97. The fraction of sp³-hybridized carbons (Fsp3) is 0.350. The molecule has 0 bridgehead atoms. The standard InChI is InChI=1S/C20H24O3/c1-5-22-20(21)16(4)17-10-7-11-18(12-17)23-13-19-14(2)8-6-9-15(19)3/h6-12,16H,5,13H2,1-4H3. The Balaban J connectivity index is 2.10. The molecule has 0 amide bonds. The number of benzene rings is 2. The van der Waals surface area contributed by atoms with Gasteiger partial charge in [0.25, 0.3) is 0 Å². The van der Waals surface area contributed by atoms with Crippen LogP contribution in [0.25, 0.3) is 0 Å². The van der Waals surface area contributed by atoms with E-state index in [1.54, 1.807) is 0 Å². The predicted octanol–water partition coefficient (Wildman–Crippen LogP) is 4.55. The molecular formula is C20H24O3. The smallest absolute Gasteiger partial charge is 0.313 e. The van der Waals surface area contributed by atoms with Gasteiger partial charge >= 0.3 is 5.97 Å². The average Bonchev–Trinajstić information content (AvgIpc) is 2.54. The van der Waals surface area contributed by atoms with Crippen LogP contribution in [-0.2, 0) is 16.1 Å². The van der Waals surface area contributed by atoms with E-state index in [1.165, 1.54) is 16.7 Å². The summed E-state index contributed by atoms with van der Waals surface area (Å²) in [5.74, 6) is 0.263. The van der Waals surface area contributed by atoms with E-state index in [-0.39, 0.29) is 11.9 Å². The van der Waals surface area contributed by atoms with Crippen LogP contribution in [0.15, 0.2) is 42.5 Å². The van der Waals surface area contributed by atoms with Gasteiger partial charge in [0.15, 0.2) is 0 Å². The van der Waals surface area contributed by atoms with Gasteiger partial charge in [-0.15, -0.1) is 0 Å². The van der Waals surface area contributed by atoms with Crippen LogP contribution in [0.1, 0.15) is 42.0 Å². The third-order valence-electron chi connectivity index (χ3n) is 4.03. The maximum Gasteiger partial charge on any atom is 0.313 e. The Morgan fingerprint density at radius 1 is 1.09 bits per heavy atom. The molecule has 2 rings (SSSR count). The molecule has 23 heavy (non-hydrogen) atoms. The van der Waals surface area contributed by atoms with Crippen molar-refractivity contribution < 1.29 is 14.3 Å². The van der Waals surface area contributed by atoms with Gasteiger partial charge in [-0.2, -0.15) is 0 Å². The van der Waals surface area contributed by atoms with Crippen molar-refractivity contribution in [2.75, 3.05) is 6.61 Å². The van der Waals surface area contributed by atoms with Crippen molar-refractivity contribution in [3.05, 3.63) is 64.7 Å². The zero-order valence-corrected chi connectivity index (χ0v) is 14.3. The molecule has 3 nitrogen and oxygen atoms in total. The normalized spacial score (nSPS) is 11.8. The highest BCUT2D eigenvalue weighted by Gasteiger charge is 2.16. The van der Waals surface area contributed by atoms with Crippen LogP contribution in [0.3, 0.4) is 0 Å². The Bertz CT molecular complexity index is 656. The van der Waals surface area contributed by atoms with E-state index < -0.39 is 0 Å². The van der Waals surface area contributed by atoms with Gasteiger partial charge in [-0.1, -0.05) is 30.3 Å². The van der Waals surface area contributed by atoms with Gasteiger partial charge in [0.1, 0.15) is 12.4 Å². The molecule has 0 saturated carbocycles. The minimum Gasteiger partial charge on any atom is -0.489 e. The Morgan fingerprint density at radius 2 is 1.74 bits per heavy atom. The second-order valence-electron chi connectivity index (χ2n) is 5.71. The lowest BCUT2D eigenvalue weighted by molar-refractivity contribution is -0.144. The molecule has 0 aliphatic heterocycles. The molecule has 2 aromatic carbocycles. The van der Waals surface area contributed by atoms with Crippen molar-refractivity contribution in [3.8, 4) is 5.75 Å². The second-order valence-corrected chi connectivity index (χ2v) is 5.71. The lowest BCUT2D eigenvalue weighted by Crippen LogP contribution is -2.13. The van der Waals surface area contributed by atoms with E-state index in [2.05, 4.69) is 32.0 Å². The van der Waals surface area contributed by atoms with Gasteiger partial charge in [-0.25, -0.2) is 0 Å². The minimum absolute atomic E-state index is 0.209. The molecule has 1 atom stereocenters. The highest BCUT2D eigenvalue weighted by atomic mass is 16.5. The SMILES string of the molecule is CCOC(=O)C(C)c1cccc(OCc2c(C)cccc2C)c1. The average molecular weight is 312 g/mol. The van der Waals surface area contributed by atoms with Crippen LogP contribution in [0.5, 0.6) is 5.75 Å². The summed E-state index contributed by atoms with van der Waals surface area (Å²) in [4.78, 5) is 11.9.